The zero-order chi connectivity index (χ0) is 34.1. The fourth-order valence-electron chi connectivity index (χ4n) is 6.52. The Morgan fingerprint density at radius 2 is 1.60 bits per heavy atom. The number of nitrogens with zero attached hydrogens (tertiary/aromatic N) is 3. The Morgan fingerprint density at radius 1 is 1.04 bits per heavy atom. The summed E-state index contributed by atoms with van der Waals surface area (Å²) < 4.78 is 45.7. The highest BCUT2D eigenvalue weighted by atomic mass is 32.1. The monoisotopic (exact) mass is 679 g/mol. The van der Waals surface area contributed by atoms with Crippen LogP contribution in [0.15, 0.2) is 72.1 Å². The van der Waals surface area contributed by atoms with Gasteiger partial charge in [-0.05, 0) is 35.3 Å². The van der Waals surface area contributed by atoms with Crippen molar-refractivity contribution in [1.82, 2.24) is 9.88 Å². The lowest BCUT2D eigenvalue weighted by molar-refractivity contribution is -0.00554. The number of hydrogen-bond donors (Lipinski definition) is 1. The van der Waals surface area contributed by atoms with Crippen LogP contribution in [0.25, 0.3) is 0 Å². The first-order valence-electron chi connectivity index (χ1n) is 15.8. The number of carbonyl (C=O) groups is 1. The number of halogens is 2. The topological polar surface area (TPSA) is 75.1 Å². The Kier molecular flexibility index (Phi) is 10.3. The van der Waals surface area contributed by atoms with Crippen molar-refractivity contribution < 1.29 is 27.8 Å². The average molecular weight is 680 g/mol. The van der Waals surface area contributed by atoms with Crippen LogP contribution >= 0.6 is 11.3 Å². The first-order valence-corrected chi connectivity index (χ1v) is 18.5. The number of ether oxygens (including phenoxy) is 1. The van der Waals surface area contributed by atoms with Gasteiger partial charge in [-0.1, -0.05) is 81.4 Å². The Hall–Kier alpha value is -3.48. The number of amides is 1. The minimum atomic E-state index is -3.07. The SMILES string of the molecule is C[C@@H]1CN(c2c(CO[Si](c3ccccc3)(c3ccccc3)C(C)(C)C)cc(C(O)c3nc(C(=O)N(C)C)cs3)c(F)c2F)C[C@H](C)O1. The second-order valence-electron chi connectivity index (χ2n) is 13.4. The third-order valence-electron chi connectivity index (χ3n) is 8.56. The largest absolute Gasteiger partial charge is 0.403 e. The normalized spacial score (nSPS) is 17.9. The van der Waals surface area contributed by atoms with E-state index in [1.54, 1.807) is 14.1 Å². The van der Waals surface area contributed by atoms with Crippen LogP contribution in [-0.4, -0.2) is 68.6 Å². The molecule has 1 amide bonds. The molecule has 1 fully saturated rings. The first kappa shape index (κ1) is 34.8. The van der Waals surface area contributed by atoms with Gasteiger partial charge in [0.15, 0.2) is 11.6 Å². The zero-order valence-corrected chi connectivity index (χ0v) is 29.8. The van der Waals surface area contributed by atoms with E-state index in [2.05, 4.69) is 50.0 Å². The molecule has 1 aromatic heterocycles. The molecule has 0 radical (unpaired) electrons. The number of rotatable bonds is 9. The molecule has 250 valence electrons. The first-order chi connectivity index (χ1) is 22.2. The van der Waals surface area contributed by atoms with Crippen LogP contribution in [0, 0.1) is 11.6 Å². The summed E-state index contributed by atoms with van der Waals surface area (Å²) in [5, 5.41) is 14.8. The van der Waals surface area contributed by atoms with Crippen molar-refractivity contribution in [2.75, 3.05) is 32.1 Å². The van der Waals surface area contributed by atoms with Crippen molar-refractivity contribution in [2.45, 2.75) is 64.6 Å². The van der Waals surface area contributed by atoms with Gasteiger partial charge in [0.2, 0.25) is 0 Å². The smallest absolute Gasteiger partial charge is 0.272 e. The van der Waals surface area contributed by atoms with Crippen LogP contribution in [0.5, 0.6) is 0 Å². The molecule has 0 bridgehead atoms. The van der Waals surface area contributed by atoms with Gasteiger partial charge < -0.3 is 24.1 Å². The van der Waals surface area contributed by atoms with Crippen molar-refractivity contribution in [2.24, 2.45) is 0 Å². The van der Waals surface area contributed by atoms with Gasteiger partial charge in [0.1, 0.15) is 16.8 Å². The van der Waals surface area contributed by atoms with Gasteiger partial charge >= 0.3 is 0 Å². The van der Waals surface area contributed by atoms with Crippen LogP contribution in [0.3, 0.4) is 0 Å². The van der Waals surface area contributed by atoms with Gasteiger partial charge in [0.25, 0.3) is 14.2 Å². The van der Waals surface area contributed by atoms with E-state index in [0.717, 1.165) is 21.7 Å². The van der Waals surface area contributed by atoms with Crippen LogP contribution in [0.4, 0.5) is 14.5 Å². The van der Waals surface area contributed by atoms with E-state index in [9.17, 15) is 9.90 Å². The zero-order valence-electron chi connectivity index (χ0n) is 28.0. The molecule has 0 saturated carbocycles. The number of morpholine rings is 1. The molecule has 1 unspecified atom stereocenters. The van der Waals surface area contributed by atoms with Crippen molar-refractivity contribution in [3.63, 3.8) is 0 Å². The second kappa shape index (κ2) is 13.9. The molecule has 1 saturated heterocycles. The molecular weight excluding hydrogens is 637 g/mol. The van der Waals surface area contributed by atoms with E-state index in [0.29, 0.717) is 18.7 Å². The molecule has 1 aliphatic rings. The van der Waals surface area contributed by atoms with Gasteiger partial charge in [-0.15, -0.1) is 11.3 Å². The Labute approximate surface area is 280 Å². The molecule has 7 nitrogen and oxygen atoms in total. The third-order valence-corrected chi connectivity index (χ3v) is 14.4. The Balaban J connectivity index is 1.66. The average Bonchev–Trinajstić information content (AvgIpc) is 3.52. The number of aromatic nitrogens is 1. The molecule has 5 rings (SSSR count). The van der Waals surface area contributed by atoms with E-state index >= 15 is 8.78 Å². The van der Waals surface area contributed by atoms with Crippen molar-refractivity contribution >= 4 is 41.6 Å². The van der Waals surface area contributed by atoms with Crippen LogP contribution in [-0.2, 0) is 15.8 Å². The summed E-state index contributed by atoms with van der Waals surface area (Å²) in [4.78, 5) is 19.9. The van der Waals surface area contributed by atoms with E-state index in [1.807, 2.05) is 55.1 Å². The fourth-order valence-corrected chi connectivity index (χ4v) is 11.8. The molecule has 3 aromatic carbocycles. The Bertz CT molecular complexity index is 1650. The quantitative estimate of drug-likeness (QED) is 0.223. The highest BCUT2D eigenvalue weighted by molar-refractivity contribution is 7.10. The minimum absolute atomic E-state index is 0.0398. The number of carbonyl (C=O) groups excluding carboxylic acids is 1. The Morgan fingerprint density at radius 3 is 2.11 bits per heavy atom. The maximum absolute atomic E-state index is 16.5. The predicted molar refractivity (Wildman–Crippen MR) is 185 cm³/mol. The highest BCUT2D eigenvalue weighted by Crippen LogP contribution is 2.40. The molecule has 47 heavy (non-hydrogen) atoms. The number of hydrogen-bond acceptors (Lipinski definition) is 7. The summed E-state index contributed by atoms with van der Waals surface area (Å²) in [6.07, 6.45) is -2.01. The van der Waals surface area contributed by atoms with Crippen LogP contribution < -0.4 is 15.3 Å². The van der Waals surface area contributed by atoms with Crippen molar-refractivity contribution in [3.8, 4) is 0 Å². The summed E-state index contributed by atoms with van der Waals surface area (Å²) in [7, 11) is 0.123. The minimum Gasteiger partial charge on any atom is -0.403 e. The number of aliphatic hydroxyl groups excluding tert-OH is 1. The summed E-state index contributed by atoms with van der Waals surface area (Å²) in [6, 6.07) is 21.7. The standard InChI is InChI=1S/C36H43F2N3O4SSi/c1-23-19-41(20-24(2)45-23)32-25(18-28(30(37)31(32)38)33(42)34-39-29(22-46-34)35(43)40(6)7)21-44-47(36(3,4)5,26-14-10-8-11-15-26)27-16-12-9-13-17-27/h8-18,22-24,33,42H,19-21H2,1-7H3/t23-,24+,33?. The van der Waals surface area contributed by atoms with Gasteiger partial charge in [0, 0.05) is 43.7 Å². The molecule has 2 heterocycles. The number of thiazole rings is 1. The van der Waals surface area contributed by atoms with E-state index in [1.165, 1.54) is 16.3 Å². The van der Waals surface area contributed by atoms with E-state index in [-0.39, 0.29) is 51.7 Å². The third kappa shape index (κ3) is 6.91. The van der Waals surface area contributed by atoms with Gasteiger partial charge in [-0.2, -0.15) is 0 Å². The maximum Gasteiger partial charge on any atom is 0.272 e. The van der Waals surface area contributed by atoms with E-state index < -0.39 is 26.1 Å². The molecule has 11 heteroatoms. The van der Waals surface area contributed by atoms with Gasteiger partial charge in [0.05, 0.1) is 24.5 Å². The number of aliphatic hydroxyl groups is 1. The summed E-state index contributed by atoms with van der Waals surface area (Å²) in [5.74, 6) is -2.58. The lowest BCUT2D eigenvalue weighted by Crippen LogP contribution is -2.66. The molecule has 1 aliphatic heterocycles. The second-order valence-corrected chi connectivity index (χ2v) is 18.6. The molecule has 4 aromatic rings. The molecule has 1 N–H and O–H groups in total. The number of benzene rings is 3. The van der Waals surface area contributed by atoms with Gasteiger partial charge in [-0.3, -0.25) is 4.79 Å². The van der Waals surface area contributed by atoms with Crippen LogP contribution in [0.1, 0.15) is 67.3 Å². The van der Waals surface area contributed by atoms with Crippen LogP contribution in [0.2, 0.25) is 5.04 Å². The molecule has 3 atom stereocenters. The lowest BCUT2D eigenvalue weighted by atomic mass is 10.0. The van der Waals surface area contributed by atoms with Crippen molar-refractivity contribution in [1.29, 1.82) is 0 Å². The highest BCUT2D eigenvalue weighted by Gasteiger charge is 2.50. The summed E-state index contributed by atoms with van der Waals surface area (Å²) in [6.45, 7) is 10.9. The fraction of sp³-hybridized carbons (Fsp3) is 0.389. The molecule has 0 spiro atoms. The van der Waals surface area contributed by atoms with E-state index in [4.69, 9.17) is 9.16 Å². The maximum atomic E-state index is 16.5. The number of anilines is 1. The summed E-state index contributed by atoms with van der Waals surface area (Å²) >= 11 is 1.02. The summed E-state index contributed by atoms with van der Waals surface area (Å²) in [5.41, 5.74) is 0.368. The van der Waals surface area contributed by atoms with Crippen molar-refractivity contribution in [3.05, 3.63) is 106 Å². The van der Waals surface area contributed by atoms with Gasteiger partial charge in [-0.25, -0.2) is 13.8 Å². The lowest BCUT2D eigenvalue weighted by Gasteiger charge is -2.43. The molecule has 0 aliphatic carbocycles. The predicted octanol–water partition coefficient (Wildman–Crippen LogP) is 5.90. The molecular formula is C36H43F2N3O4SSi.